The van der Waals surface area contributed by atoms with Gasteiger partial charge in [0.05, 0.1) is 0 Å². The lowest BCUT2D eigenvalue weighted by Crippen LogP contribution is -2.10. The summed E-state index contributed by atoms with van der Waals surface area (Å²) < 4.78 is 2.32. The zero-order valence-electron chi connectivity index (χ0n) is 21.0. The first-order valence-corrected chi connectivity index (χ1v) is 12.5. The van der Waals surface area contributed by atoms with Crippen molar-refractivity contribution in [2.24, 2.45) is 7.05 Å². The number of nitrogens with zero attached hydrogens (tertiary/aromatic N) is 1. The summed E-state index contributed by atoms with van der Waals surface area (Å²) in [5.41, 5.74) is 8.00. The minimum Gasteiger partial charge on any atom is -0.344 e. The summed E-state index contributed by atoms with van der Waals surface area (Å²) in [4.78, 5) is 0. The van der Waals surface area contributed by atoms with Crippen LogP contribution in [0, 0.1) is 6.92 Å². The number of fused-ring (bicyclic) bond motifs is 3. The lowest BCUT2D eigenvalue weighted by Gasteiger charge is -2.22. The van der Waals surface area contributed by atoms with Gasteiger partial charge < -0.3 is 4.57 Å². The number of hydrogen-bond donors (Lipinski definition) is 0. The summed E-state index contributed by atoms with van der Waals surface area (Å²) in [6, 6.07) is 32.1. The van der Waals surface area contributed by atoms with Crippen molar-refractivity contribution in [2.45, 2.75) is 33.1 Å². The van der Waals surface area contributed by atoms with E-state index in [0.717, 1.165) is 0 Å². The van der Waals surface area contributed by atoms with Crippen molar-refractivity contribution >= 4 is 54.1 Å². The SMILES string of the molecule is Cc1cc(-c2ccc3c4ccccc4n(C)c3c2)c2ccc3cc(C(C)(C)C)cc4ccc1c2c43. The minimum absolute atomic E-state index is 0.125. The Kier molecular flexibility index (Phi) is 4.02. The quantitative estimate of drug-likeness (QED) is 0.219. The molecule has 0 saturated heterocycles. The largest absolute Gasteiger partial charge is 0.344 e. The number of rotatable bonds is 1. The van der Waals surface area contributed by atoms with E-state index in [2.05, 4.69) is 124 Å². The molecule has 0 spiro atoms. The Morgan fingerprint density at radius 1 is 0.600 bits per heavy atom. The molecule has 0 amide bonds. The average molecular weight is 452 g/mol. The fourth-order valence-corrected chi connectivity index (χ4v) is 6.09. The van der Waals surface area contributed by atoms with E-state index in [1.54, 1.807) is 0 Å². The molecular weight excluding hydrogens is 422 g/mol. The predicted molar refractivity (Wildman–Crippen MR) is 153 cm³/mol. The lowest BCUT2D eigenvalue weighted by atomic mass is 9.82. The van der Waals surface area contributed by atoms with Crippen LogP contribution in [0.2, 0.25) is 0 Å². The average Bonchev–Trinajstić information content (AvgIpc) is 3.14. The molecule has 1 nitrogen and oxygen atoms in total. The number of aromatic nitrogens is 1. The van der Waals surface area contributed by atoms with Crippen LogP contribution in [0.1, 0.15) is 31.9 Å². The standard InChI is InChI=1S/C34H29N/c1-20-16-29(21-10-14-27-26-8-6-7-9-30(26)35(5)31(27)19-21)28-15-12-23-18-24(34(2,3)4)17-22-11-13-25(20)33(28)32(22)23/h6-19H,1-5H3. The van der Waals surface area contributed by atoms with Gasteiger partial charge >= 0.3 is 0 Å². The third kappa shape index (κ3) is 2.82. The first-order chi connectivity index (χ1) is 16.8. The van der Waals surface area contributed by atoms with Crippen molar-refractivity contribution in [3.05, 3.63) is 96.1 Å². The third-order valence-corrected chi connectivity index (χ3v) is 8.01. The third-order valence-electron chi connectivity index (χ3n) is 8.01. The Bertz CT molecular complexity index is 1920. The van der Waals surface area contributed by atoms with Crippen molar-refractivity contribution in [3.8, 4) is 11.1 Å². The van der Waals surface area contributed by atoms with Crippen LogP contribution in [0.5, 0.6) is 0 Å². The van der Waals surface area contributed by atoms with Gasteiger partial charge in [0, 0.05) is 28.9 Å². The molecule has 0 saturated carbocycles. The lowest BCUT2D eigenvalue weighted by molar-refractivity contribution is 0.591. The fourth-order valence-electron chi connectivity index (χ4n) is 6.09. The van der Waals surface area contributed by atoms with E-state index < -0.39 is 0 Å². The molecule has 0 atom stereocenters. The Morgan fingerprint density at radius 2 is 1.26 bits per heavy atom. The van der Waals surface area contributed by atoms with Gasteiger partial charge in [-0.3, -0.25) is 0 Å². The van der Waals surface area contributed by atoms with E-state index in [4.69, 9.17) is 0 Å². The van der Waals surface area contributed by atoms with E-state index in [0.29, 0.717) is 0 Å². The van der Waals surface area contributed by atoms with Crippen molar-refractivity contribution < 1.29 is 0 Å². The fraction of sp³-hybridized carbons (Fsp3) is 0.176. The maximum atomic E-state index is 2.39. The van der Waals surface area contributed by atoms with Gasteiger partial charge in [0.2, 0.25) is 0 Å². The van der Waals surface area contributed by atoms with E-state index in [-0.39, 0.29) is 5.41 Å². The topological polar surface area (TPSA) is 4.93 Å². The second-order valence-electron chi connectivity index (χ2n) is 11.2. The number of aryl methyl sites for hydroxylation is 2. The second kappa shape index (κ2) is 6.86. The van der Waals surface area contributed by atoms with Gasteiger partial charge in [0.25, 0.3) is 0 Å². The van der Waals surface area contributed by atoms with Crippen LogP contribution in [0.25, 0.3) is 65.3 Å². The predicted octanol–water partition coefficient (Wildman–Crippen LogP) is 9.50. The molecular formula is C34H29N. The van der Waals surface area contributed by atoms with Crippen LogP contribution in [-0.4, -0.2) is 4.57 Å². The van der Waals surface area contributed by atoms with E-state index in [1.807, 2.05) is 0 Å². The van der Waals surface area contributed by atoms with Gasteiger partial charge in [-0.1, -0.05) is 93.6 Å². The molecule has 1 aromatic heterocycles. The van der Waals surface area contributed by atoms with Crippen molar-refractivity contribution in [2.75, 3.05) is 0 Å². The highest BCUT2D eigenvalue weighted by atomic mass is 14.9. The zero-order chi connectivity index (χ0) is 24.1. The van der Waals surface area contributed by atoms with E-state index in [1.165, 1.54) is 76.4 Å². The minimum atomic E-state index is 0.125. The molecule has 0 radical (unpaired) electrons. The monoisotopic (exact) mass is 451 g/mol. The molecule has 0 bridgehead atoms. The first kappa shape index (κ1) is 20.5. The van der Waals surface area contributed by atoms with Crippen LogP contribution in [-0.2, 0) is 12.5 Å². The van der Waals surface area contributed by atoms with Crippen LogP contribution >= 0.6 is 0 Å². The maximum absolute atomic E-state index is 2.39. The summed E-state index contributed by atoms with van der Waals surface area (Å²) in [6.07, 6.45) is 0. The van der Waals surface area contributed by atoms with Crippen LogP contribution in [0.4, 0.5) is 0 Å². The summed E-state index contributed by atoms with van der Waals surface area (Å²) in [6.45, 7) is 9.15. The summed E-state index contributed by atoms with van der Waals surface area (Å²) in [5.74, 6) is 0. The highest BCUT2D eigenvalue weighted by Gasteiger charge is 2.19. The zero-order valence-corrected chi connectivity index (χ0v) is 21.0. The Labute approximate surface area is 205 Å². The van der Waals surface area contributed by atoms with Crippen molar-refractivity contribution in [3.63, 3.8) is 0 Å². The molecule has 0 aliphatic heterocycles. The van der Waals surface area contributed by atoms with Gasteiger partial charge in [-0.25, -0.2) is 0 Å². The normalized spacial score (nSPS) is 12.7. The number of hydrogen-bond acceptors (Lipinski definition) is 0. The molecule has 0 aliphatic rings. The van der Waals surface area contributed by atoms with E-state index in [9.17, 15) is 0 Å². The Morgan fingerprint density at radius 3 is 2.00 bits per heavy atom. The van der Waals surface area contributed by atoms with Crippen LogP contribution < -0.4 is 0 Å². The van der Waals surface area contributed by atoms with Crippen molar-refractivity contribution in [1.29, 1.82) is 0 Å². The molecule has 7 rings (SSSR count). The highest BCUT2D eigenvalue weighted by molar-refractivity contribution is 6.26. The smallest absolute Gasteiger partial charge is 0.0494 e. The maximum Gasteiger partial charge on any atom is 0.0494 e. The van der Waals surface area contributed by atoms with Gasteiger partial charge in [0.1, 0.15) is 0 Å². The molecule has 170 valence electrons. The van der Waals surface area contributed by atoms with Gasteiger partial charge in [-0.2, -0.15) is 0 Å². The first-order valence-electron chi connectivity index (χ1n) is 12.5. The Hall–Kier alpha value is -3.84. The molecule has 0 aliphatic carbocycles. The summed E-state index contributed by atoms with van der Waals surface area (Å²) >= 11 is 0. The number of para-hydroxylation sites is 1. The molecule has 7 aromatic rings. The van der Waals surface area contributed by atoms with Gasteiger partial charge in [0.15, 0.2) is 0 Å². The second-order valence-corrected chi connectivity index (χ2v) is 11.2. The van der Waals surface area contributed by atoms with E-state index >= 15 is 0 Å². The van der Waals surface area contributed by atoms with Crippen LogP contribution in [0.15, 0.2) is 84.9 Å². The molecule has 0 fully saturated rings. The number of benzene rings is 6. The molecule has 0 N–H and O–H groups in total. The van der Waals surface area contributed by atoms with Crippen molar-refractivity contribution in [1.82, 2.24) is 4.57 Å². The summed E-state index contributed by atoms with van der Waals surface area (Å²) in [5, 5.41) is 10.8. The van der Waals surface area contributed by atoms with Gasteiger partial charge in [-0.05, 0) is 79.0 Å². The molecule has 35 heavy (non-hydrogen) atoms. The van der Waals surface area contributed by atoms with Gasteiger partial charge in [-0.15, -0.1) is 0 Å². The molecule has 0 unspecified atom stereocenters. The van der Waals surface area contributed by atoms with Crippen LogP contribution in [0.3, 0.4) is 0 Å². The highest BCUT2D eigenvalue weighted by Crippen LogP contribution is 2.43. The molecule has 6 aromatic carbocycles. The Balaban J connectivity index is 1.56. The molecule has 1 heterocycles. The molecule has 1 heteroatoms. The summed E-state index contributed by atoms with van der Waals surface area (Å²) in [7, 11) is 2.18.